The molecule has 1 aromatic carbocycles. The van der Waals surface area contributed by atoms with E-state index in [0.29, 0.717) is 11.4 Å². The number of rotatable bonds is 6. The van der Waals surface area contributed by atoms with E-state index in [1.165, 1.54) is 11.8 Å². The standard InChI is InChI=1S/C19H24N2O5/c1-11-4-7-16(26-3)15(8-11)20-10-13(9-17(20)22)18(23)21(14-5-6-14)12(2)19(24)25/h4,7-8,12-14H,5-6,9-10H2,1-3H3,(H,24,25). The highest BCUT2D eigenvalue weighted by atomic mass is 16.5. The van der Waals surface area contributed by atoms with Crippen molar-refractivity contribution in [2.75, 3.05) is 18.6 Å². The Labute approximate surface area is 152 Å². The predicted molar refractivity (Wildman–Crippen MR) is 95.2 cm³/mol. The van der Waals surface area contributed by atoms with Gasteiger partial charge in [0.05, 0.1) is 18.7 Å². The van der Waals surface area contributed by atoms with E-state index in [9.17, 15) is 19.5 Å². The number of hydrogen-bond donors (Lipinski definition) is 1. The molecule has 0 radical (unpaired) electrons. The summed E-state index contributed by atoms with van der Waals surface area (Å²) in [6.07, 6.45) is 1.73. The van der Waals surface area contributed by atoms with Gasteiger partial charge in [-0.1, -0.05) is 6.07 Å². The number of nitrogens with zero attached hydrogens (tertiary/aromatic N) is 2. The highest BCUT2D eigenvalue weighted by Gasteiger charge is 2.44. The molecule has 1 aliphatic heterocycles. The van der Waals surface area contributed by atoms with Gasteiger partial charge in [-0.15, -0.1) is 0 Å². The van der Waals surface area contributed by atoms with Gasteiger partial charge in [-0.25, -0.2) is 4.79 Å². The summed E-state index contributed by atoms with van der Waals surface area (Å²) in [7, 11) is 1.54. The van der Waals surface area contributed by atoms with Crippen molar-refractivity contribution >= 4 is 23.5 Å². The van der Waals surface area contributed by atoms with Crippen molar-refractivity contribution in [3.8, 4) is 5.75 Å². The zero-order valence-corrected chi connectivity index (χ0v) is 15.3. The van der Waals surface area contributed by atoms with Crippen molar-refractivity contribution in [2.24, 2.45) is 5.92 Å². The lowest BCUT2D eigenvalue weighted by molar-refractivity contribution is -0.151. The van der Waals surface area contributed by atoms with E-state index in [4.69, 9.17) is 4.74 Å². The molecule has 7 nitrogen and oxygen atoms in total. The van der Waals surface area contributed by atoms with Crippen LogP contribution in [-0.4, -0.2) is 53.5 Å². The molecule has 0 aromatic heterocycles. The average Bonchev–Trinajstić information content (AvgIpc) is 3.35. The number of ether oxygens (including phenoxy) is 1. The summed E-state index contributed by atoms with van der Waals surface area (Å²) in [6, 6.07) is 4.66. The number of benzene rings is 1. The number of methoxy groups -OCH3 is 1. The number of carboxylic acids is 1. The molecule has 3 rings (SSSR count). The fourth-order valence-corrected chi connectivity index (χ4v) is 3.49. The summed E-state index contributed by atoms with van der Waals surface area (Å²) >= 11 is 0. The van der Waals surface area contributed by atoms with Gasteiger partial charge in [-0.2, -0.15) is 0 Å². The Morgan fingerprint density at radius 3 is 2.62 bits per heavy atom. The van der Waals surface area contributed by atoms with Crippen LogP contribution in [0.2, 0.25) is 0 Å². The molecule has 0 spiro atoms. The Morgan fingerprint density at radius 2 is 2.04 bits per heavy atom. The van der Waals surface area contributed by atoms with Gasteiger partial charge in [0.1, 0.15) is 11.8 Å². The topological polar surface area (TPSA) is 87.2 Å². The highest BCUT2D eigenvalue weighted by molar-refractivity contribution is 6.02. The van der Waals surface area contributed by atoms with Crippen LogP contribution >= 0.6 is 0 Å². The third kappa shape index (κ3) is 3.38. The monoisotopic (exact) mass is 360 g/mol. The van der Waals surface area contributed by atoms with Crippen LogP contribution in [0, 0.1) is 12.8 Å². The van der Waals surface area contributed by atoms with Gasteiger partial charge in [0.2, 0.25) is 11.8 Å². The molecular weight excluding hydrogens is 336 g/mol. The summed E-state index contributed by atoms with van der Waals surface area (Å²) in [4.78, 5) is 39.9. The van der Waals surface area contributed by atoms with E-state index in [0.717, 1.165) is 18.4 Å². The van der Waals surface area contributed by atoms with Gasteiger partial charge in [0, 0.05) is 19.0 Å². The number of carbonyl (C=O) groups is 3. The highest BCUT2D eigenvalue weighted by Crippen LogP contribution is 2.36. The Kier molecular flexibility index (Phi) is 4.89. The number of hydrogen-bond acceptors (Lipinski definition) is 4. The Bertz CT molecular complexity index is 743. The van der Waals surface area contributed by atoms with Crippen molar-refractivity contribution in [2.45, 2.75) is 45.2 Å². The summed E-state index contributed by atoms with van der Waals surface area (Å²) in [6.45, 7) is 3.69. The van der Waals surface area contributed by atoms with Crippen LogP contribution in [0.1, 0.15) is 31.7 Å². The molecule has 2 atom stereocenters. The molecule has 140 valence electrons. The van der Waals surface area contributed by atoms with Crippen molar-refractivity contribution in [1.82, 2.24) is 4.90 Å². The van der Waals surface area contributed by atoms with E-state index >= 15 is 0 Å². The molecule has 26 heavy (non-hydrogen) atoms. The van der Waals surface area contributed by atoms with Crippen LogP contribution in [0.5, 0.6) is 5.75 Å². The second kappa shape index (κ2) is 6.97. The minimum Gasteiger partial charge on any atom is -0.495 e. The van der Waals surface area contributed by atoms with Crippen molar-refractivity contribution in [3.63, 3.8) is 0 Å². The lowest BCUT2D eigenvalue weighted by Gasteiger charge is -2.29. The average molecular weight is 360 g/mol. The molecule has 1 heterocycles. The van der Waals surface area contributed by atoms with Crippen LogP contribution in [0.3, 0.4) is 0 Å². The van der Waals surface area contributed by atoms with E-state index in [2.05, 4.69) is 0 Å². The number of carbonyl (C=O) groups excluding carboxylic acids is 2. The molecule has 7 heteroatoms. The molecule has 0 bridgehead atoms. The summed E-state index contributed by atoms with van der Waals surface area (Å²) < 4.78 is 5.36. The van der Waals surface area contributed by atoms with Gasteiger partial charge >= 0.3 is 5.97 Å². The van der Waals surface area contributed by atoms with Crippen molar-refractivity contribution in [1.29, 1.82) is 0 Å². The van der Waals surface area contributed by atoms with Crippen LogP contribution in [0.25, 0.3) is 0 Å². The zero-order chi connectivity index (χ0) is 19.0. The Balaban J connectivity index is 1.82. The quantitative estimate of drug-likeness (QED) is 0.836. The first-order valence-electron chi connectivity index (χ1n) is 8.83. The van der Waals surface area contributed by atoms with Gasteiger partial charge < -0.3 is 19.6 Å². The first-order chi connectivity index (χ1) is 12.3. The second-order valence-corrected chi connectivity index (χ2v) is 7.07. The number of amides is 2. The van der Waals surface area contributed by atoms with Gasteiger partial charge in [0.25, 0.3) is 0 Å². The van der Waals surface area contributed by atoms with E-state index in [-0.39, 0.29) is 30.8 Å². The molecule has 1 saturated heterocycles. The largest absolute Gasteiger partial charge is 0.495 e. The molecule has 2 unspecified atom stereocenters. The number of aliphatic carboxylic acids is 1. The van der Waals surface area contributed by atoms with Crippen LogP contribution < -0.4 is 9.64 Å². The molecule has 2 amide bonds. The molecule has 2 aliphatic rings. The van der Waals surface area contributed by atoms with Crippen LogP contribution in [0.4, 0.5) is 5.69 Å². The Morgan fingerprint density at radius 1 is 1.35 bits per heavy atom. The van der Waals surface area contributed by atoms with E-state index in [1.54, 1.807) is 18.1 Å². The van der Waals surface area contributed by atoms with Crippen molar-refractivity contribution < 1.29 is 24.2 Å². The van der Waals surface area contributed by atoms with Gasteiger partial charge in [-0.3, -0.25) is 9.59 Å². The van der Waals surface area contributed by atoms with Crippen molar-refractivity contribution in [3.05, 3.63) is 23.8 Å². The van der Waals surface area contributed by atoms with Crippen LogP contribution in [0.15, 0.2) is 18.2 Å². The fraction of sp³-hybridized carbons (Fsp3) is 0.526. The minimum atomic E-state index is -1.02. The number of carboxylic acid groups (broad SMARTS) is 1. The summed E-state index contributed by atoms with van der Waals surface area (Å²) in [5.41, 5.74) is 1.64. The number of aryl methyl sites for hydroxylation is 1. The molecular formula is C19H24N2O5. The smallest absolute Gasteiger partial charge is 0.326 e. The molecule has 1 aliphatic carbocycles. The lowest BCUT2D eigenvalue weighted by atomic mass is 10.1. The maximum atomic E-state index is 13.0. The molecule has 1 N–H and O–H groups in total. The Hall–Kier alpha value is -2.57. The molecule has 1 aromatic rings. The second-order valence-electron chi connectivity index (χ2n) is 7.07. The third-order valence-electron chi connectivity index (χ3n) is 5.07. The normalized spacial score (nSPS) is 20.8. The maximum absolute atomic E-state index is 13.0. The first-order valence-corrected chi connectivity index (χ1v) is 8.83. The SMILES string of the molecule is COc1ccc(C)cc1N1CC(C(=O)N(C2CC2)C(C)C(=O)O)CC1=O. The van der Waals surface area contributed by atoms with Gasteiger partial charge in [-0.05, 0) is 44.4 Å². The number of anilines is 1. The minimum absolute atomic E-state index is 0.0220. The summed E-state index contributed by atoms with van der Waals surface area (Å²) in [5.74, 6) is -1.37. The first kappa shape index (κ1) is 18.2. The predicted octanol–water partition coefficient (Wildman–Crippen LogP) is 1.82. The third-order valence-corrected chi connectivity index (χ3v) is 5.07. The van der Waals surface area contributed by atoms with E-state index < -0.39 is 17.9 Å². The maximum Gasteiger partial charge on any atom is 0.326 e. The molecule has 2 fully saturated rings. The summed E-state index contributed by atoms with van der Waals surface area (Å²) in [5, 5.41) is 9.31. The zero-order valence-electron chi connectivity index (χ0n) is 15.3. The van der Waals surface area contributed by atoms with Crippen LogP contribution in [-0.2, 0) is 14.4 Å². The van der Waals surface area contributed by atoms with Gasteiger partial charge in [0.15, 0.2) is 0 Å². The van der Waals surface area contributed by atoms with E-state index in [1.807, 2.05) is 19.1 Å². The fourth-order valence-electron chi connectivity index (χ4n) is 3.49. The lowest BCUT2D eigenvalue weighted by Crippen LogP contribution is -2.47. The molecule has 1 saturated carbocycles.